The van der Waals surface area contributed by atoms with Crippen LogP contribution in [-0.2, 0) is 32.1 Å². The number of hydrogen-bond donors (Lipinski definition) is 2. The summed E-state index contributed by atoms with van der Waals surface area (Å²) in [7, 11) is 1.29. The van der Waals surface area contributed by atoms with Gasteiger partial charge in [-0.2, -0.15) is 0 Å². The topological polar surface area (TPSA) is 84.5 Å². The quantitative estimate of drug-likeness (QED) is 0.0945. The maximum absolute atomic E-state index is 12.7. The van der Waals surface area contributed by atoms with Gasteiger partial charge < -0.3 is 15.4 Å². The molecular formula is C34H50N2O4. The zero-order valence-electron chi connectivity index (χ0n) is 24.7. The minimum absolute atomic E-state index is 0.0333. The van der Waals surface area contributed by atoms with Crippen LogP contribution in [0.3, 0.4) is 0 Å². The monoisotopic (exact) mass is 550 g/mol. The number of amides is 2. The highest BCUT2D eigenvalue weighted by Crippen LogP contribution is 2.15. The van der Waals surface area contributed by atoms with Gasteiger partial charge in [0.05, 0.1) is 7.11 Å². The Bertz CT molecular complexity index is 975. The molecule has 0 saturated heterocycles. The first-order chi connectivity index (χ1) is 19.5. The number of carbonyl (C=O) groups excluding carboxylic acids is 3. The summed E-state index contributed by atoms with van der Waals surface area (Å²) < 4.78 is 4.85. The van der Waals surface area contributed by atoms with Gasteiger partial charge in [-0.3, -0.25) is 14.4 Å². The Balaban J connectivity index is 1.59. The van der Waals surface area contributed by atoms with Crippen LogP contribution in [0.5, 0.6) is 0 Å². The van der Waals surface area contributed by atoms with Crippen molar-refractivity contribution in [2.24, 2.45) is 5.92 Å². The fourth-order valence-electron chi connectivity index (χ4n) is 4.82. The summed E-state index contributed by atoms with van der Waals surface area (Å²) in [5, 5.41) is 5.79. The van der Waals surface area contributed by atoms with Crippen molar-refractivity contribution < 1.29 is 19.1 Å². The van der Waals surface area contributed by atoms with E-state index in [-0.39, 0.29) is 24.8 Å². The number of methoxy groups -OCH3 is 1. The molecule has 1 unspecified atom stereocenters. The molecule has 6 nitrogen and oxygen atoms in total. The van der Waals surface area contributed by atoms with Gasteiger partial charge in [0.2, 0.25) is 11.8 Å². The summed E-state index contributed by atoms with van der Waals surface area (Å²) in [6.07, 6.45) is 17.6. The predicted molar refractivity (Wildman–Crippen MR) is 163 cm³/mol. The van der Waals surface area contributed by atoms with Crippen LogP contribution in [0, 0.1) is 5.92 Å². The number of anilines is 1. The average Bonchev–Trinajstić information content (AvgIpc) is 2.98. The first-order valence-corrected chi connectivity index (χ1v) is 15.3. The summed E-state index contributed by atoms with van der Waals surface area (Å²) >= 11 is 0. The number of hydrogen-bond acceptors (Lipinski definition) is 4. The highest BCUT2D eigenvalue weighted by molar-refractivity contribution is 5.98. The summed E-state index contributed by atoms with van der Waals surface area (Å²) in [6.45, 7) is 2.55. The summed E-state index contributed by atoms with van der Waals surface area (Å²) in [5.74, 6) is -1.80. The van der Waals surface area contributed by atoms with Crippen molar-refractivity contribution in [2.45, 2.75) is 110 Å². The van der Waals surface area contributed by atoms with Gasteiger partial charge in [0.15, 0.2) is 0 Å². The largest absolute Gasteiger partial charge is 0.468 e. The molecule has 2 amide bonds. The predicted octanol–water partition coefficient (Wildman–Crippen LogP) is 7.75. The Labute approximate surface area is 241 Å². The van der Waals surface area contributed by atoms with Gasteiger partial charge in [-0.1, -0.05) is 126 Å². The lowest BCUT2D eigenvalue weighted by Gasteiger charge is -2.15. The van der Waals surface area contributed by atoms with E-state index in [1.807, 2.05) is 54.6 Å². The van der Waals surface area contributed by atoms with Crippen LogP contribution in [0.2, 0.25) is 0 Å². The fraction of sp³-hybridized carbons (Fsp3) is 0.559. The smallest absolute Gasteiger partial charge is 0.318 e. The van der Waals surface area contributed by atoms with Gasteiger partial charge in [-0.15, -0.1) is 0 Å². The highest BCUT2D eigenvalue weighted by Gasteiger charge is 2.27. The zero-order valence-corrected chi connectivity index (χ0v) is 24.7. The molecule has 0 saturated carbocycles. The molecule has 0 heterocycles. The number of rotatable bonds is 21. The van der Waals surface area contributed by atoms with E-state index in [1.165, 1.54) is 77.7 Å². The Morgan fingerprint density at radius 2 is 1.25 bits per heavy atom. The molecule has 2 rings (SSSR count). The SMILES string of the molecule is CCCCCCCCCCCCCCCC(=O)Nc1ccc(CNC(=O)C(Cc2ccccc2)C(=O)OC)cc1. The maximum Gasteiger partial charge on any atom is 0.318 e. The molecule has 0 fully saturated rings. The molecule has 2 N–H and O–H groups in total. The van der Waals surface area contributed by atoms with Gasteiger partial charge in [0.1, 0.15) is 5.92 Å². The molecule has 220 valence electrons. The molecular weight excluding hydrogens is 500 g/mol. The second kappa shape index (κ2) is 20.7. The molecule has 40 heavy (non-hydrogen) atoms. The lowest BCUT2D eigenvalue weighted by molar-refractivity contribution is -0.150. The number of esters is 1. The molecule has 0 aromatic heterocycles. The minimum atomic E-state index is -0.906. The van der Waals surface area contributed by atoms with Crippen molar-refractivity contribution in [2.75, 3.05) is 12.4 Å². The number of unbranched alkanes of at least 4 members (excludes halogenated alkanes) is 12. The molecule has 6 heteroatoms. The average molecular weight is 551 g/mol. The molecule has 2 aromatic rings. The third kappa shape index (κ3) is 14.3. The standard InChI is InChI=1S/C34H50N2O4/c1-3-4-5-6-7-8-9-10-11-12-13-14-18-21-32(37)36-30-24-22-29(23-25-30)27-35-33(38)31(34(39)40-2)26-28-19-16-15-17-20-28/h15-17,19-20,22-25,31H,3-14,18,21,26-27H2,1-2H3,(H,35,38)(H,36,37). The van der Waals surface area contributed by atoms with Crippen molar-refractivity contribution in [3.8, 4) is 0 Å². The van der Waals surface area contributed by atoms with Crippen LogP contribution in [0.4, 0.5) is 5.69 Å². The molecule has 2 aromatic carbocycles. The van der Waals surface area contributed by atoms with E-state index >= 15 is 0 Å². The number of nitrogens with one attached hydrogen (secondary N) is 2. The Morgan fingerprint density at radius 3 is 1.80 bits per heavy atom. The Hall–Kier alpha value is -3.15. The molecule has 0 aliphatic rings. The highest BCUT2D eigenvalue weighted by atomic mass is 16.5. The van der Waals surface area contributed by atoms with Crippen molar-refractivity contribution >= 4 is 23.5 Å². The van der Waals surface area contributed by atoms with E-state index in [2.05, 4.69) is 17.6 Å². The third-order valence-corrected chi connectivity index (χ3v) is 7.30. The van der Waals surface area contributed by atoms with Gasteiger partial charge in [0.25, 0.3) is 0 Å². The van der Waals surface area contributed by atoms with Crippen LogP contribution < -0.4 is 10.6 Å². The van der Waals surface area contributed by atoms with E-state index in [0.717, 1.165) is 29.7 Å². The lowest BCUT2D eigenvalue weighted by atomic mass is 9.98. The maximum atomic E-state index is 12.7. The number of benzene rings is 2. The van der Waals surface area contributed by atoms with E-state index < -0.39 is 11.9 Å². The number of ether oxygens (including phenoxy) is 1. The van der Waals surface area contributed by atoms with Crippen LogP contribution in [0.25, 0.3) is 0 Å². The molecule has 0 aliphatic carbocycles. The molecule has 0 radical (unpaired) electrons. The van der Waals surface area contributed by atoms with Crippen LogP contribution in [0.1, 0.15) is 108 Å². The first-order valence-electron chi connectivity index (χ1n) is 15.3. The van der Waals surface area contributed by atoms with Gasteiger partial charge in [0, 0.05) is 18.7 Å². The van der Waals surface area contributed by atoms with Gasteiger partial charge in [-0.25, -0.2) is 0 Å². The third-order valence-electron chi connectivity index (χ3n) is 7.30. The molecule has 0 bridgehead atoms. The normalized spacial score (nSPS) is 11.6. The van der Waals surface area contributed by atoms with Gasteiger partial charge >= 0.3 is 5.97 Å². The van der Waals surface area contributed by atoms with Crippen LogP contribution in [-0.4, -0.2) is 24.9 Å². The summed E-state index contributed by atoms with van der Waals surface area (Å²) in [5.41, 5.74) is 2.52. The second-order valence-corrected chi connectivity index (χ2v) is 10.7. The van der Waals surface area contributed by atoms with E-state index in [1.54, 1.807) is 0 Å². The summed E-state index contributed by atoms with van der Waals surface area (Å²) in [4.78, 5) is 37.3. The second-order valence-electron chi connectivity index (χ2n) is 10.7. The zero-order chi connectivity index (χ0) is 28.8. The number of carbonyl (C=O) groups is 3. The lowest BCUT2D eigenvalue weighted by Crippen LogP contribution is -2.37. The van der Waals surface area contributed by atoms with Crippen molar-refractivity contribution in [1.29, 1.82) is 0 Å². The van der Waals surface area contributed by atoms with E-state index in [0.29, 0.717) is 6.42 Å². The minimum Gasteiger partial charge on any atom is -0.468 e. The van der Waals surface area contributed by atoms with Crippen molar-refractivity contribution in [3.05, 3.63) is 65.7 Å². The van der Waals surface area contributed by atoms with Crippen LogP contribution >= 0.6 is 0 Å². The summed E-state index contributed by atoms with van der Waals surface area (Å²) in [6, 6.07) is 16.8. The van der Waals surface area contributed by atoms with E-state index in [4.69, 9.17) is 4.74 Å². The van der Waals surface area contributed by atoms with E-state index in [9.17, 15) is 14.4 Å². The van der Waals surface area contributed by atoms with Gasteiger partial charge in [-0.05, 0) is 36.1 Å². The Kier molecular flexibility index (Phi) is 17.1. The van der Waals surface area contributed by atoms with Crippen LogP contribution in [0.15, 0.2) is 54.6 Å². The Morgan fingerprint density at radius 1 is 0.700 bits per heavy atom. The van der Waals surface area contributed by atoms with Crippen molar-refractivity contribution in [3.63, 3.8) is 0 Å². The first kappa shape index (κ1) is 33.1. The molecule has 0 spiro atoms. The fourth-order valence-corrected chi connectivity index (χ4v) is 4.82. The molecule has 0 aliphatic heterocycles. The molecule has 1 atom stereocenters. The van der Waals surface area contributed by atoms with Crippen molar-refractivity contribution in [1.82, 2.24) is 5.32 Å².